The van der Waals surface area contributed by atoms with Crippen molar-refractivity contribution in [2.75, 3.05) is 13.2 Å². The fraction of sp³-hybridized carbons (Fsp3) is 0.667. The standard InChI is InChI=1S/C15H27N5O7/c1-7(2)12(20-11(23)5-16)14(25)18-8(3-4-10(17)22)13(24)19-9(6-21)15(26)27/h7-9,12,21H,3-6,16H2,1-2H3,(H2,17,22)(H,18,25)(H,19,24)(H,20,23)(H,26,27). The number of nitrogens with one attached hydrogen (secondary N) is 3. The third kappa shape index (κ3) is 8.96. The molecule has 12 nitrogen and oxygen atoms in total. The van der Waals surface area contributed by atoms with Gasteiger partial charge in [0.05, 0.1) is 13.2 Å². The number of aliphatic hydroxyl groups is 1. The molecule has 154 valence electrons. The van der Waals surface area contributed by atoms with Crippen LogP contribution < -0.4 is 27.4 Å². The van der Waals surface area contributed by atoms with Crippen molar-refractivity contribution in [3.05, 3.63) is 0 Å². The van der Waals surface area contributed by atoms with Gasteiger partial charge in [-0.25, -0.2) is 4.79 Å². The maximum Gasteiger partial charge on any atom is 0.328 e. The van der Waals surface area contributed by atoms with Crippen LogP contribution in [0.1, 0.15) is 26.7 Å². The van der Waals surface area contributed by atoms with Gasteiger partial charge in [-0.1, -0.05) is 13.8 Å². The summed E-state index contributed by atoms with van der Waals surface area (Å²) in [5.74, 6) is -4.75. The molecule has 0 aromatic carbocycles. The lowest BCUT2D eigenvalue weighted by Gasteiger charge is -2.25. The summed E-state index contributed by atoms with van der Waals surface area (Å²) in [7, 11) is 0. The summed E-state index contributed by atoms with van der Waals surface area (Å²) in [6, 6.07) is -3.88. The van der Waals surface area contributed by atoms with Gasteiger partial charge in [0.25, 0.3) is 0 Å². The highest BCUT2D eigenvalue weighted by atomic mass is 16.4. The smallest absolute Gasteiger partial charge is 0.328 e. The maximum atomic E-state index is 12.5. The Morgan fingerprint density at radius 3 is 1.93 bits per heavy atom. The minimum Gasteiger partial charge on any atom is -0.480 e. The number of primary amides is 1. The number of carboxylic acid groups (broad SMARTS) is 1. The molecule has 0 aromatic rings. The van der Waals surface area contributed by atoms with Gasteiger partial charge in [0, 0.05) is 6.42 Å². The first-order valence-corrected chi connectivity index (χ1v) is 8.25. The van der Waals surface area contributed by atoms with Crippen LogP contribution in [0.2, 0.25) is 0 Å². The Labute approximate surface area is 156 Å². The molecule has 0 fully saturated rings. The van der Waals surface area contributed by atoms with E-state index in [9.17, 15) is 24.0 Å². The minimum absolute atomic E-state index is 0.194. The molecule has 0 saturated heterocycles. The fourth-order valence-corrected chi connectivity index (χ4v) is 2.04. The zero-order valence-corrected chi connectivity index (χ0v) is 15.2. The lowest BCUT2D eigenvalue weighted by Crippen LogP contribution is -2.57. The number of rotatable bonds is 12. The first-order valence-electron chi connectivity index (χ1n) is 8.25. The first-order chi connectivity index (χ1) is 12.5. The predicted octanol–water partition coefficient (Wildman–Crippen LogP) is -3.60. The van der Waals surface area contributed by atoms with Crippen molar-refractivity contribution in [1.29, 1.82) is 0 Å². The van der Waals surface area contributed by atoms with E-state index < -0.39 is 54.3 Å². The third-order valence-electron chi connectivity index (χ3n) is 3.56. The van der Waals surface area contributed by atoms with Crippen LogP contribution in [0.3, 0.4) is 0 Å². The molecule has 4 amide bonds. The average molecular weight is 389 g/mol. The lowest BCUT2D eigenvalue weighted by atomic mass is 10.0. The Balaban J connectivity index is 5.28. The first kappa shape index (κ1) is 24.3. The molecule has 0 aromatic heterocycles. The summed E-state index contributed by atoms with van der Waals surface area (Å²) in [5, 5.41) is 24.7. The van der Waals surface area contributed by atoms with Crippen molar-refractivity contribution in [3.8, 4) is 0 Å². The highest BCUT2D eigenvalue weighted by Gasteiger charge is 2.30. The Morgan fingerprint density at radius 1 is 0.963 bits per heavy atom. The molecule has 9 N–H and O–H groups in total. The van der Waals surface area contributed by atoms with Gasteiger partial charge < -0.3 is 37.6 Å². The quantitative estimate of drug-likeness (QED) is 0.176. The van der Waals surface area contributed by atoms with E-state index in [2.05, 4.69) is 16.0 Å². The van der Waals surface area contributed by atoms with Crippen molar-refractivity contribution >= 4 is 29.6 Å². The number of aliphatic carboxylic acids is 1. The summed E-state index contributed by atoms with van der Waals surface area (Å²) >= 11 is 0. The van der Waals surface area contributed by atoms with E-state index in [1.807, 2.05) is 0 Å². The van der Waals surface area contributed by atoms with Crippen LogP contribution in [0.15, 0.2) is 0 Å². The number of carbonyl (C=O) groups excluding carboxylic acids is 4. The Kier molecular flexibility index (Phi) is 10.6. The minimum atomic E-state index is -1.58. The summed E-state index contributed by atoms with van der Waals surface area (Å²) in [5.41, 5.74) is 10.3. The summed E-state index contributed by atoms with van der Waals surface area (Å²) in [6.45, 7) is 2.12. The van der Waals surface area contributed by atoms with Crippen molar-refractivity contribution < 1.29 is 34.2 Å². The van der Waals surface area contributed by atoms with Crippen molar-refractivity contribution in [3.63, 3.8) is 0 Å². The van der Waals surface area contributed by atoms with Crippen LogP contribution in [0.5, 0.6) is 0 Å². The number of hydrogen-bond acceptors (Lipinski definition) is 7. The molecule has 0 aliphatic heterocycles. The number of carbonyl (C=O) groups is 5. The maximum absolute atomic E-state index is 12.5. The SMILES string of the molecule is CC(C)C(NC(=O)CN)C(=O)NC(CCC(N)=O)C(=O)NC(CO)C(=O)O. The van der Waals surface area contributed by atoms with Crippen molar-refractivity contribution in [2.24, 2.45) is 17.4 Å². The highest BCUT2D eigenvalue weighted by molar-refractivity contribution is 5.94. The number of amides is 4. The van der Waals surface area contributed by atoms with Gasteiger partial charge in [-0.15, -0.1) is 0 Å². The van der Waals surface area contributed by atoms with Gasteiger partial charge in [0.1, 0.15) is 18.1 Å². The Hall–Kier alpha value is -2.73. The van der Waals surface area contributed by atoms with Crippen LogP contribution in [-0.4, -0.2) is 71.1 Å². The molecule has 12 heteroatoms. The number of nitrogens with two attached hydrogens (primary N) is 2. The molecule has 0 heterocycles. The predicted molar refractivity (Wildman–Crippen MR) is 92.8 cm³/mol. The summed E-state index contributed by atoms with van der Waals surface area (Å²) in [4.78, 5) is 58.1. The van der Waals surface area contributed by atoms with Crippen LogP contribution in [0, 0.1) is 5.92 Å². The van der Waals surface area contributed by atoms with Gasteiger partial charge in [0.15, 0.2) is 0 Å². The van der Waals surface area contributed by atoms with E-state index in [-0.39, 0.29) is 25.3 Å². The number of aliphatic hydroxyl groups excluding tert-OH is 1. The zero-order chi connectivity index (χ0) is 21.1. The van der Waals surface area contributed by atoms with Gasteiger partial charge in [-0.2, -0.15) is 0 Å². The van der Waals surface area contributed by atoms with Crippen LogP contribution in [0.25, 0.3) is 0 Å². The molecular formula is C15H27N5O7. The molecular weight excluding hydrogens is 362 g/mol. The fourth-order valence-electron chi connectivity index (χ4n) is 2.04. The molecule has 0 saturated carbocycles. The van der Waals surface area contributed by atoms with Crippen LogP contribution in [0.4, 0.5) is 0 Å². The van der Waals surface area contributed by atoms with Gasteiger partial charge in [-0.3, -0.25) is 19.2 Å². The topological polar surface area (TPSA) is 214 Å². The summed E-state index contributed by atoms with van der Waals surface area (Å²) < 4.78 is 0. The van der Waals surface area contributed by atoms with Gasteiger partial charge in [-0.05, 0) is 12.3 Å². The molecule has 0 bridgehead atoms. The Morgan fingerprint density at radius 2 is 1.52 bits per heavy atom. The molecule has 0 aliphatic carbocycles. The highest BCUT2D eigenvalue weighted by Crippen LogP contribution is 2.05. The van der Waals surface area contributed by atoms with E-state index in [0.29, 0.717) is 0 Å². The second kappa shape index (κ2) is 11.8. The number of hydrogen-bond donors (Lipinski definition) is 7. The third-order valence-corrected chi connectivity index (χ3v) is 3.56. The van der Waals surface area contributed by atoms with E-state index >= 15 is 0 Å². The Bertz CT molecular complexity index is 567. The van der Waals surface area contributed by atoms with Gasteiger partial charge in [0.2, 0.25) is 23.6 Å². The molecule has 0 aliphatic rings. The molecule has 3 atom stereocenters. The molecule has 0 radical (unpaired) electrons. The average Bonchev–Trinajstić information content (AvgIpc) is 2.59. The van der Waals surface area contributed by atoms with E-state index in [0.717, 1.165) is 0 Å². The van der Waals surface area contributed by atoms with Gasteiger partial charge >= 0.3 is 5.97 Å². The lowest BCUT2D eigenvalue weighted by molar-refractivity contribution is -0.143. The van der Waals surface area contributed by atoms with Crippen LogP contribution >= 0.6 is 0 Å². The second-order valence-electron chi connectivity index (χ2n) is 6.14. The number of carboxylic acids is 1. The van der Waals surface area contributed by atoms with E-state index in [1.165, 1.54) is 0 Å². The normalized spacial score (nSPS) is 14.0. The van der Waals surface area contributed by atoms with Crippen LogP contribution in [-0.2, 0) is 24.0 Å². The second-order valence-corrected chi connectivity index (χ2v) is 6.14. The molecule has 0 rings (SSSR count). The molecule has 3 unspecified atom stereocenters. The molecule has 27 heavy (non-hydrogen) atoms. The van der Waals surface area contributed by atoms with E-state index in [4.69, 9.17) is 21.7 Å². The van der Waals surface area contributed by atoms with E-state index in [1.54, 1.807) is 13.8 Å². The largest absolute Gasteiger partial charge is 0.480 e. The monoisotopic (exact) mass is 389 g/mol. The summed E-state index contributed by atoms with van der Waals surface area (Å²) in [6.07, 6.45) is -0.447. The zero-order valence-electron chi connectivity index (χ0n) is 15.2. The van der Waals surface area contributed by atoms with Crippen molar-refractivity contribution in [2.45, 2.75) is 44.8 Å². The van der Waals surface area contributed by atoms with Crippen molar-refractivity contribution in [1.82, 2.24) is 16.0 Å². The molecule has 0 spiro atoms.